The average Bonchev–Trinajstić information content (AvgIpc) is 2.17. The normalized spacial score (nSPS) is 16.1. The lowest BCUT2D eigenvalue weighted by molar-refractivity contribution is -0.138. The van der Waals surface area contributed by atoms with Crippen molar-refractivity contribution in [2.24, 2.45) is 0 Å². The van der Waals surface area contributed by atoms with Crippen LogP contribution >= 0.6 is 0 Å². The minimum absolute atomic E-state index is 0.0524. The van der Waals surface area contributed by atoms with Gasteiger partial charge in [-0.3, -0.25) is 9.69 Å². The summed E-state index contributed by atoms with van der Waals surface area (Å²) in [4.78, 5) is 12.4. The van der Waals surface area contributed by atoms with E-state index in [2.05, 4.69) is 0 Å². The van der Waals surface area contributed by atoms with Crippen LogP contribution in [0.2, 0.25) is 0 Å². The second-order valence-corrected chi connectivity index (χ2v) is 3.77. The number of carboxylic acids is 1. The van der Waals surface area contributed by atoms with Crippen molar-refractivity contribution in [2.75, 3.05) is 13.1 Å². The SMILES string of the molecule is O=C(O)CN1CCc2cc(F)ccc2C1. The number of hydrogen-bond acceptors (Lipinski definition) is 2. The Bertz CT molecular complexity index is 392. The van der Waals surface area contributed by atoms with Gasteiger partial charge in [0.2, 0.25) is 0 Å². The molecular formula is C11H12FNO2. The lowest BCUT2D eigenvalue weighted by Gasteiger charge is -2.27. The van der Waals surface area contributed by atoms with Gasteiger partial charge in [0, 0.05) is 13.1 Å². The molecule has 0 spiro atoms. The lowest BCUT2D eigenvalue weighted by atomic mass is 10.00. The molecule has 4 heteroatoms. The van der Waals surface area contributed by atoms with Gasteiger partial charge in [-0.25, -0.2) is 4.39 Å². The van der Waals surface area contributed by atoms with Crippen molar-refractivity contribution in [1.29, 1.82) is 0 Å². The maximum Gasteiger partial charge on any atom is 0.317 e. The molecule has 1 N–H and O–H groups in total. The van der Waals surface area contributed by atoms with E-state index < -0.39 is 5.97 Å². The van der Waals surface area contributed by atoms with Crippen molar-refractivity contribution in [1.82, 2.24) is 4.90 Å². The summed E-state index contributed by atoms with van der Waals surface area (Å²) in [5.74, 6) is -1.04. The topological polar surface area (TPSA) is 40.5 Å². The van der Waals surface area contributed by atoms with E-state index in [0.717, 1.165) is 17.5 Å². The van der Waals surface area contributed by atoms with Crippen LogP contribution in [0, 0.1) is 5.82 Å². The quantitative estimate of drug-likeness (QED) is 0.797. The van der Waals surface area contributed by atoms with Crippen LogP contribution in [-0.4, -0.2) is 29.1 Å². The van der Waals surface area contributed by atoms with E-state index in [9.17, 15) is 9.18 Å². The molecule has 0 aromatic heterocycles. The summed E-state index contributed by atoms with van der Waals surface area (Å²) >= 11 is 0. The molecule has 0 aliphatic carbocycles. The van der Waals surface area contributed by atoms with Gasteiger partial charge in [-0.05, 0) is 29.7 Å². The molecule has 1 aromatic rings. The molecule has 0 bridgehead atoms. The number of fused-ring (bicyclic) bond motifs is 1. The highest BCUT2D eigenvalue weighted by atomic mass is 19.1. The molecule has 80 valence electrons. The van der Waals surface area contributed by atoms with Crippen LogP contribution in [0.25, 0.3) is 0 Å². The Kier molecular flexibility index (Phi) is 2.68. The highest BCUT2D eigenvalue weighted by Crippen LogP contribution is 2.19. The Balaban J connectivity index is 2.13. The molecule has 0 saturated heterocycles. The van der Waals surface area contributed by atoms with Crippen LogP contribution in [0.5, 0.6) is 0 Å². The van der Waals surface area contributed by atoms with Gasteiger partial charge in [0.05, 0.1) is 6.54 Å². The van der Waals surface area contributed by atoms with Crippen LogP contribution in [0.15, 0.2) is 18.2 Å². The molecule has 15 heavy (non-hydrogen) atoms. The van der Waals surface area contributed by atoms with Crippen LogP contribution < -0.4 is 0 Å². The monoisotopic (exact) mass is 209 g/mol. The van der Waals surface area contributed by atoms with Crippen LogP contribution in [0.1, 0.15) is 11.1 Å². The molecule has 1 heterocycles. The zero-order valence-electron chi connectivity index (χ0n) is 8.24. The number of benzene rings is 1. The largest absolute Gasteiger partial charge is 0.480 e. The van der Waals surface area contributed by atoms with E-state index in [1.54, 1.807) is 6.07 Å². The highest BCUT2D eigenvalue weighted by molar-refractivity contribution is 5.69. The molecule has 1 aromatic carbocycles. The van der Waals surface area contributed by atoms with Crippen molar-refractivity contribution in [3.63, 3.8) is 0 Å². The third kappa shape index (κ3) is 2.33. The Morgan fingerprint density at radius 2 is 2.27 bits per heavy atom. The fourth-order valence-electron chi connectivity index (χ4n) is 1.91. The summed E-state index contributed by atoms with van der Waals surface area (Å²) in [7, 11) is 0. The van der Waals surface area contributed by atoms with Gasteiger partial charge in [0.1, 0.15) is 5.82 Å². The van der Waals surface area contributed by atoms with Crippen molar-refractivity contribution < 1.29 is 14.3 Å². The third-order valence-electron chi connectivity index (χ3n) is 2.62. The molecule has 1 aliphatic rings. The van der Waals surface area contributed by atoms with Gasteiger partial charge in [-0.1, -0.05) is 6.07 Å². The van der Waals surface area contributed by atoms with Crippen molar-refractivity contribution in [3.05, 3.63) is 35.1 Å². The first-order valence-electron chi connectivity index (χ1n) is 4.86. The Morgan fingerprint density at radius 1 is 1.47 bits per heavy atom. The van der Waals surface area contributed by atoms with Gasteiger partial charge in [0.15, 0.2) is 0 Å². The van der Waals surface area contributed by atoms with Crippen molar-refractivity contribution in [3.8, 4) is 0 Å². The lowest BCUT2D eigenvalue weighted by Crippen LogP contribution is -2.34. The summed E-state index contributed by atoms with van der Waals surface area (Å²) in [6.07, 6.45) is 0.723. The Morgan fingerprint density at radius 3 is 3.00 bits per heavy atom. The number of nitrogens with zero attached hydrogens (tertiary/aromatic N) is 1. The summed E-state index contributed by atoms with van der Waals surface area (Å²) < 4.78 is 12.9. The second kappa shape index (κ2) is 3.98. The molecule has 3 nitrogen and oxygen atoms in total. The Labute approximate surface area is 87.1 Å². The maximum atomic E-state index is 12.9. The summed E-state index contributed by atoms with van der Waals surface area (Å²) in [6.45, 7) is 1.33. The van der Waals surface area contributed by atoms with Gasteiger partial charge in [-0.15, -0.1) is 0 Å². The number of rotatable bonds is 2. The predicted molar refractivity (Wildman–Crippen MR) is 53.0 cm³/mol. The standard InChI is InChI=1S/C11H12FNO2/c12-10-2-1-9-6-13(7-11(14)15)4-3-8(9)5-10/h1-2,5H,3-4,6-7H2,(H,14,15). The molecule has 0 fully saturated rings. The first-order valence-corrected chi connectivity index (χ1v) is 4.86. The van der Waals surface area contributed by atoms with E-state index in [4.69, 9.17) is 5.11 Å². The summed E-state index contributed by atoms with van der Waals surface area (Å²) in [5.41, 5.74) is 2.03. The van der Waals surface area contributed by atoms with E-state index in [1.807, 2.05) is 4.90 Å². The second-order valence-electron chi connectivity index (χ2n) is 3.77. The van der Waals surface area contributed by atoms with E-state index in [-0.39, 0.29) is 12.4 Å². The van der Waals surface area contributed by atoms with E-state index in [0.29, 0.717) is 13.1 Å². The number of carboxylic acid groups (broad SMARTS) is 1. The number of aliphatic carboxylic acids is 1. The molecule has 0 saturated carbocycles. The molecule has 2 rings (SSSR count). The van der Waals surface area contributed by atoms with E-state index >= 15 is 0 Å². The van der Waals surface area contributed by atoms with Crippen LogP contribution in [-0.2, 0) is 17.8 Å². The molecular weight excluding hydrogens is 197 g/mol. The fourth-order valence-corrected chi connectivity index (χ4v) is 1.91. The van der Waals surface area contributed by atoms with Crippen molar-refractivity contribution >= 4 is 5.97 Å². The predicted octanol–water partition coefficient (Wildman–Crippen LogP) is 1.27. The molecule has 0 atom stereocenters. The minimum Gasteiger partial charge on any atom is -0.480 e. The number of carbonyl (C=O) groups is 1. The highest BCUT2D eigenvalue weighted by Gasteiger charge is 2.18. The Hall–Kier alpha value is -1.42. The van der Waals surface area contributed by atoms with Crippen LogP contribution in [0.3, 0.4) is 0 Å². The zero-order valence-corrected chi connectivity index (χ0v) is 8.24. The van der Waals surface area contributed by atoms with E-state index in [1.165, 1.54) is 12.1 Å². The first-order chi connectivity index (χ1) is 7.15. The number of halogens is 1. The molecule has 0 unspecified atom stereocenters. The van der Waals surface area contributed by atoms with Gasteiger partial charge in [-0.2, -0.15) is 0 Å². The fraction of sp³-hybridized carbons (Fsp3) is 0.364. The van der Waals surface area contributed by atoms with Gasteiger partial charge in [0.25, 0.3) is 0 Å². The zero-order chi connectivity index (χ0) is 10.8. The third-order valence-corrected chi connectivity index (χ3v) is 2.62. The smallest absolute Gasteiger partial charge is 0.317 e. The summed E-state index contributed by atoms with van der Waals surface area (Å²) in [6, 6.07) is 4.69. The molecule has 0 amide bonds. The molecule has 0 radical (unpaired) electrons. The average molecular weight is 209 g/mol. The summed E-state index contributed by atoms with van der Waals surface area (Å²) in [5, 5.41) is 8.66. The maximum absolute atomic E-state index is 12.9. The van der Waals surface area contributed by atoms with Gasteiger partial charge >= 0.3 is 5.97 Å². The van der Waals surface area contributed by atoms with Gasteiger partial charge < -0.3 is 5.11 Å². The van der Waals surface area contributed by atoms with Crippen molar-refractivity contribution in [2.45, 2.75) is 13.0 Å². The van der Waals surface area contributed by atoms with Crippen LogP contribution in [0.4, 0.5) is 4.39 Å². The minimum atomic E-state index is -0.819. The molecule has 1 aliphatic heterocycles. The first kappa shape index (κ1) is 10.1. The number of hydrogen-bond donors (Lipinski definition) is 1.